The van der Waals surface area contributed by atoms with Gasteiger partial charge in [0.2, 0.25) is 21.8 Å². The number of nitrogens with zero attached hydrogens (tertiary/aromatic N) is 2. The van der Waals surface area contributed by atoms with Gasteiger partial charge in [-0.05, 0) is 69.2 Å². The van der Waals surface area contributed by atoms with E-state index < -0.39 is 21.9 Å². The van der Waals surface area contributed by atoms with Crippen LogP contribution in [-0.4, -0.2) is 50.0 Å². The lowest BCUT2D eigenvalue weighted by Gasteiger charge is -2.30. The smallest absolute Gasteiger partial charge is 0.242 e. The number of hydrogen-bond donors (Lipinski definition) is 1. The zero-order valence-corrected chi connectivity index (χ0v) is 22.2. The second kappa shape index (κ2) is 12.3. The van der Waals surface area contributed by atoms with Crippen LogP contribution in [-0.2, 0) is 26.2 Å². The predicted molar refractivity (Wildman–Crippen MR) is 135 cm³/mol. The van der Waals surface area contributed by atoms with Gasteiger partial charge in [0.1, 0.15) is 11.9 Å². The highest BCUT2D eigenvalue weighted by Crippen LogP contribution is 2.20. The van der Waals surface area contributed by atoms with Gasteiger partial charge in [-0.3, -0.25) is 13.9 Å². The van der Waals surface area contributed by atoms with Gasteiger partial charge in [0.25, 0.3) is 0 Å². The molecule has 10 heteroatoms. The summed E-state index contributed by atoms with van der Waals surface area (Å²) < 4.78 is 39.9. The molecule has 0 aliphatic heterocycles. The van der Waals surface area contributed by atoms with Crippen LogP contribution in [0.3, 0.4) is 0 Å². The van der Waals surface area contributed by atoms with Crippen molar-refractivity contribution in [3.05, 3.63) is 64.4 Å². The normalized spacial score (nSPS) is 12.3. The zero-order valence-electron chi connectivity index (χ0n) is 19.8. The van der Waals surface area contributed by atoms with E-state index in [1.165, 1.54) is 29.2 Å². The fraction of sp³-hybridized carbons (Fsp3) is 0.417. The summed E-state index contributed by atoms with van der Waals surface area (Å²) in [6, 6.07) is 11.8. The van der Waals surface area contributed by atoms with E-state index in [2.05, 4.69) is 21.2 Å². The van der Waals surface area contributed by atoms with Gasteiger partial charge in [-0.25, -0.2) is 12.8 Å². The molecular weight excluding hydrogens is 525 g/mol. The fourth-order valence-corrected chi connectivity index (χ4v) is 4.62. The van der Waals surface area contributed by atoms with Gasteiger partial charge in [0, 0.05) is 30.0 Å². The third kappa shape index (κ3) is 8.39. The van der Waals surface area contributed by atoms with Crippen molar-refractivity contribution in [2.75, 3.05) is 17.1 Å². The first-order valence-electron chi connectivity index (χ1n) is 11.0. The summed E-state index contributed by atoms with van der Waals surface area (Å²) in [6.45, 7) is 5.67. The first-order valence-corrected chi connectivity index (χ1v) is 13.6. The van der Waals surface area contributed by atoms with Gasteiger partial charge in [0.15, 0.2) is 0 Å². The minimum atomic E-state index is -3.63. The second-order valence-electron chi connectivity index (χ2n) is 8.40. The molecule has 34 heavy (non-hydrogen) atoms. The number of nitrogens with one attached hydrogen (secondary N) is 1. The Morgan fingerprint density at radius 2 is 1.62 bits per heavy atom. The lowest BCUT2D eigenvalue weighted by molar-refractivity contribution is -0.140. The van der Waals surface area contributed by atoms with Crippen molar-refractivity contribution in [3.63, 3.8) is 0 Å². The quantitative estimate of drug-likeness (QED) is 0.452. The molecule has 1 atom stereocenters. The number of carbonyl (C=O) groups is 2. The molecule has 2 amide bonds. The summed E-state index contributed by atoms with van der Waals surface area (Å²) in [5, 5.41) is 2.83. The number of sulfonamides is 1. The summed E-state index contributed by atoms with van der Waals surface area (Å²) in [6.07, 6.45) is 1.35. The van der Waals surface area contributed by atoms with E-state index in [1.807, 2.05) is 38.1 Å². The third-order valence-corrected chi connectivity index (χ3v) is 6.85. The molecule has 7 nitrogen and oxygen atoms in total. The number of rotatable bonds is 11. The predicted octanol–water partition coefficient (Wildman–Crippen LogP) is 4.08. The number of hydrogen-bond acceptors (Lipinski definition) is 4. The molecule has 2 rings (SSSR count). The highest BCUT2D eigenvalue weighted by atomic mass is 79.9. The van der Waals surface area contributed by atoms with Crippen LogP contribution in [0, 0.1) is 5.82 Å². The first kappa shape index (κ1) is 27.8. The van der Waals surface area contributed by atoms with Crippen LogP contribution in [0.4, 0.5) is 10.1 Å². The molecule has 0 saturated carbocycles. The van der Waals surface area contributed by atoms with Gasteiger partial charge < -0.3 is 10.2 Å². The van der Waals surface area contributed by atoms with Gasteiger partial charge in [-0.15, -0.1) is 0 Å². The SMILES string of the molecule is CC(C)NC(=O)[C@H](C)N(Cc1ccc(Br)cc1)C(=O)CCCN(c1ccc(F)cc1)S(C)(=O)=O. The van der Waals surface area contributed by atoms with Gasteiger partial charge >= 0.3 is 0 Å². The molecular formula is C24H31BrFN3O4S. The van der Waals surface area contributed by atoms with Gasteiger partial charge in [0.05, 0.1) is 11.9 Å². The van der Waals surface area contributed by atoms with Crippen molar-refractivity contribution in [1.29, 1.82) is 0 Å². The number of halogens is 2. The van der Waals surface area contributed by atoms with E-state index in [1.54, 1.807) is 6.92 Å². The average molecular weight is 556 g/mol. The van der Waals surface area contributed by atoms with Crippen molar-refractivity contribution in [1.82, 2.24) is 10.2 Å². The number of benzene rings is 2. The van der Waals surface area contributed by atoms with Gasteiger partial charge in [-0.2, -0.15) is 0 Å². The molecule has 0 aliphatic rings. The lowest BCUT2D eigenvalue weighted by atomic mass is 10.1. The van der Waals surface area contributed by atoms with E-state index in [0.29, 0.717) is 5.69 Å². The number of carbonyl (C=O) groups excluding carboxylic acids is 2. The molecule has 0 saturated heterocycles. The summed E-state index contributed by atoms with van der Waals surface area (Å²) in [4.78, 5) is 27.3. The Balaban J connectivity index is 2.15. The molecule has 0 unspecified atom stereocenters. The van der Waals surface area contributed by atoms with Crippen molar-refractivity contribution in [2.24, 2.45) is 0 Å². The molecule has 186 valence electrons. The van der Waals surface area contributed by atoms with Crippen LogP contribution in [0.15, 0.2) is 53.0 Å². The third-order valence-electron chi connectivity index (χ3n) is 5.13. The molecule has 0 aromatic heterocycles. The summed E-state index contributed by atoms with van der Waals surface area (Å²) in [7, 11) is -3.63. The molecule has 0 aliphatic carbocycles. The Bertz CT molecular complexity index is 1080. The molecule has 0 bridgehead atoms. The van der Waals surface area contributed by atoms with Crippen LogP contribution in [0.5, 0.6) is 0 Å². The first-order chi connectivity index (χ1) is 15.9. The highest BCUT2D eigenvalue weighted by Gasteiger charge is 2.27. The van der Waals surface area contributed by atoms with Crippen molar-refractivity contribution in [3.8, 4) is 0 Å². The minimum absolute atomic E-state index is 0.0447. The van der Waals surface area contributed by atoms with E-state index in [0.717, 1.165) is 20.6 Å². The Kier molecular flexibility index (Phi) is 10.1. The van der Waals surface area contributed by atoms with Crippen molar-refractivity contribution < 1.29 is 22.4 Å². The number of anilines is 1. The Labute approximate surface area is 209 Å². The van der Waals surface area contributed by atoms with Crippen molar-refractivity contribution >= 4 is 43.5 Å². The number of amides is 2. The Morgan fingerprint density at radius 3 is 2.15 bits per heavy atom. The zero-order chi connectivity index (χ0) is 25.5. The summed E-state index contributed by atoms with van der Waals surface area (Å²) in [5.74, 6) is -0.990. The molecule has 1 N–H and O–H groups in total. The van der Waals surface area contributed by atoms with E-state index in [9.17, 15) is 22.4 Å². The fourth-order valence-electron chi connectivity index (χ4n) is 3.39. The van der Waals surface area contributed by atoms with Crippen LogP contribution in [0.25, 0.3) is 0 Å². The van der Waals surface area contributed by atoms with Crippen LogP contribution in [0.2, 0.25) is 0 Å². The molecule has 0 spiro atoms. The van der Waals surface area contributed by atoms with E-state index in [-0.39, 0.29) is 43.8 Å². The van der Waals surface area contributed by atoms with Crippen LogP contribution in [0.1, 0.15) is 39.2 Å². The highest BCUT2D eigenvalue weighted by molar-refractivity contribution is 9.10. The Morgan fingerprint density at radius 1 is 1.03 bits per heavy atom. The van der Waals surface area contributed by atoms with Crippen molar-refractivity contribution in [2.45, 2.75) is 52.2 Å². The Hall–Kier alpha value is -2.46. The van der Waals surface area contributed by atoms with E-state index >= 15 is 0 Å². The molecule has 0 fully saturated rings. The second-order valence-corrected chi connectivity index (χ2v) is 11.2. The summed E-state index contributed by atoms with van der Waals surface area (Å²) >= 11 is 3.39. The summed E-state index contributed by atoms with van der Waals surface area (Å²) in [5.41, 5.74) is 1.19. The average Bonchev–Trinajstić information content (AvgIpc) is 2.75. The standard InChI is InChI=1S/C24H31BrFN3O4S/c1-17(2)27-24(31)18(3)28(16-19-7-9-20(25)10-8-19)23(30)6-5-15-29(34(4,32)33)22-13-11-21(26)12-14-22/h7-14,17-18H,5-6,15-16H2,1-4H3,(H,27,31)/t18-/m0/s1. The molecule has 0 radical (unpaired) electrons. The monoisotopic (exact) mass is 555 g/mol. The van der Waals surface area contributed by atoms with E-state index in [4.69, 9.17) is 0 Å². The topological polar surface area (TPSA) is 86.8 Å². The maximum atomic E-state index is 13.3. The molecule has 0 heterocycles. The lowest BCUT2D eigenvalue weighted by Crippen LogP contribution is -2.49. The maximum Gasteiger partial charge on any atom is 0.242 e. The largest absolute Gasteiger partial charge is 0.352 e. The molecule has 2 aromatic carbocycles. The molecule has 2 aromatic rings. The van der Waals surface area contributed by atoms with Crippen LogP contribution < -0.4 is 9.62 Å². The van der Waals surface area contributed by atoms with Crippen LogP contribution >= 0.6 is 15.9 Å². The van der Waals surface area contributed by atoms with Gasteiger partial charge in [-0.1, -0.05) is 28.1 Å². The maximum absolute atomic E-state index is 13.3. The minimum Gasteiger partial charge on any atom is -0.352 e.